The van der Waals surface area contributed by atoms with Gasteiger partial charge in [0, 0.05) is 0 Å². The van der Waals surface area contributed by atoms with Crippen molar-refractivity contribution in [3.05, 3.63) is 25.3 Å². The maximum atomic E-state index is 10.8. The highest BCUT2D eigenvalue weighted by molar-refractivity contribution is 5.73. The summed E-state index contributed by atoms with van der Waals surface area (Å²) in [4.78, 5) is 21.7. The van der Waals surface area contributed by atoms with E-state index >= 15 is 0 Å². The van der Waals surface area contributed by atoms with Crippen LogP contribution < -0.4 is 0 Å². The van der Waals surface area contributed by atoms with Crippen molar-refractivity contribution in [2.45, 2.75) is 0 Å². The van der Waals surface area contributed by atoms with Crippen molar-refractivity contribution < 1.29 is 23.8 Å². The molecule has 0 aromatic heterocycles. The summed E-state index contributed by atoms with van der Waals surface area (Å²) in [7, 11) is 0. The molecular formula is C10H14O5. The molecule has 0 radical (unpaired) electrons. The standard InChI is InChI=1S/C10H14O5/c1-3-5-14-9(11)7-13-8-10(12)15-6-4-2/h3-4H,1-2,5-8H2. The summed E-state index contributed by atoms with van der Waals surface area (Å²) in [6.45, 7) is 6.44. The maximum Gasteiger partial charge on any atom is 0.332 e. The van der Waals surface area contributed by atoms with Crippen molar-refractivity contribution in [3.63, 3.8) is 0 Å². The summed E-state index contributed by atoms with van der Waals surface area (Å²) >= 11 is 0. The number of rotatable bonds is 8. The third-order valence-electron chi connectivity index (χ3n) is 1.16. The number of hydrogen-bond acceptors (Lipinski definition) is 5. The molecule has 0 unspecified atom stereocenters. The van der Waals surface area contributed by atoms with E-state index in [4.69, 9.17) is 4.74 Å². The topological polar surface area (TPSA) is 61.8 Å². The van der Waals surface area contributed by atoms with Crippen LogP contribution in [0.25, 0.3) is 0 Å². The molecule has 0 bridgehead atoms. The molecule has 5 nitrogen and oxygen atoms in total. The van der Waals surface area contributed by atoms with Gasteiger partial charge in [-0.1, -0.05) is 25.3 Å². The Hall–Kier alpha value is -1.62. The summed E-state index contributed by atoms with van der Waals surface area (Å²) < 4.78 is 13.9. The molecule has 0 fully saturated rings. The van der Waals surface area contributed by atoms with E-state index in [0.29, 0.717) is 0 Å². The molecule has 0 saturated heterocycles. The van der Waals surface area contributed by atoms with Crippen LogP contribution in [-0.4, -0.2) is 38.4 Å². The minimum absolute atomic E-state index is 0.128. The smallest absolute Gasteiger partial charge is 0.332 e. The second-order valence-electron chi connectivity index (χ2n) is 2.44. The summed E-state index contributed by atoms with van der Waals surface area (Å²) in [5.74, 6) is -1.10. The number of esters is 2. The van der Waals surface area contributed by atoms with E-state index in [1.807, 2.05) is 0 Å². The lowest BCUT2D eigenvalue weighted by Crippen LogP contribution is -2.18. The number of ether oxygens (including phenoxy) is 3. The molecule has 0 aromatic rings. The van der Waals surface area contributed by atoms with Crippen LogP contribution >= 0.6 is 0 Å². The Labute approximate surface area is 88.3 Å². The van der Waals surface area contributed by atoms with E-state index in [1.54, 1.807) is 0 Å². The van der Waals surface area contributed by atoms with Crippen molar-refractivity contribution in [1.82, 2.24) is 0 Å². The summed E-state index contributed by atoms with van der Waals surface area (Å²) in [6.07, 6.45) is 2.88. The van der Waals surface area contributed by atoms with Gasteiger partial charge in [0.15, 0.2) is 0 Å². The molecule has 0 N–H and O–H groups in total. The van der Waals surface area contributed by atoms with Crippen molar-refractivity contribution in [1.29, 1.82) is 0 Å². The molecule has 0 aliphatic carbocycles. The van der Waals surface area contributed by atoms with E-state index in [-0.39, 0.29) is 26.4 Å². The van der Waals surface area contributed by atoms with Gasteiger partial charge in [-0.25, -0.2) is 9.59 Å². The molecule has 0 spiro atoms. The molecule has 0 aromatic carbocycles. The van der Waals surface area contributed by atoms with Gasteiger partial charge in [-0.05, 0) is 0 Å². The molecule has 0 rings (SSSR count). The van der Waals surface area contributed by atoms with E-state index in [9.17, 15) is 9.59 Å². The van der Waals surface area contributed by atoms with Crippen LogP contribution in [0.4, 0.5) is 0 Å². The summed E-state index contributed by atoms with van der Waals surface area (Å²) in [5.41, 5.74) is 0. The fourth-order valence-corrected chi connectivity index (χ4v) is 0.605. The Kier molecular flexibility index (Phi) is 7.99. The molecule has 84 valence electrons. The van der Waals surface area contributed by atoms with Crippen LogP contribution in [0.2, 0.25) is 0 Å². The average Bonchev–Trinajstić information content (AvgIpc) is 2.23. The quantitative estimate of drug-likeness (QED) is 0.434. The zero-order chi connectivity index (χ0) is 11.5. The molecule has 0 saturated carbocycles. The predicted octanol–water partition coefficient (Wildman–Crippen LogP) is 0.461. The molecule has 0 heterocycles. The zero-order valence-electron chi connectivity index (χ0n) is 8.44. The largest absolute Gasteiger partial charge is 0.460 e. The second kappa shape index (κ2) is 8.96. The fourth-order valence-electron chi connectivity index (χ4n) is 0.605. The lowest BCUT2D eigenvalue weighted by atomic mass is 10.6. The predicted molar refractivity (Wildman–Crippen MR) is 53.1 cm³/mol. The highest BCUT2D eigenvalue weighted by Gasteiger charge is 2.05. The highest BCUT2D eigenvalue weighted by atomic mass is 16.6. The first-order chi connectivity index (χ1) is 7.20. The lowest BCUT2D eigenvalue weighted by Gasteiger charge is -2.03. The first kappa shape index (κ1) is 13.4. The molecular weight excluding hydrogens is 200 g/mol. The number of carbonyl (C=O) groups is 2. The Morgan fingerprint density at radius 1 is 0.933 bits per heavy atom. The lowest BCUT2D eigenvalue weighted by molar-refractivity contribution is -0.154. The molecule has 0 aliphatic rings. The van der Waals surface area contributed by atoms with Gasteiger partial charge >= 0.3 is 11.9 Å². The van der Waals surface area contributed by atoms with Crippen LogP contribution in [0.3, 0.4) is 0 Å². The SMILES string of the molecule is C=CCOC(=O)COCC(=O)OCC=C. The minimum Gasteiger partial charge on any atom is -0.460 e. The van der Waals surface area contributed by atoms with Gasteiger partial charge in [0.05, 0.1) is 0 Å². The van der Waals surface area contributed by atoms with Crippen LogP contribution in [0.5, 0.6) is 0 Å². The van der Waals surface area contributed by atoms with Gasteiger partial charge in [0.25, 0.3) is 0 Å². The van der Waals surface area contributed by atoms with E-state index in [0.717, 1.165) is 0 Å². The van der Waals surface area contributed by atoms with E-state index < -0.39 is 11.9 Å². The van der Waals surface area contributed by atoms with Crippen LogP contribution in [0.1, 0.15) is 0 Å². The van der Waals surface area contributed by atoms with Crippen molar-refractivity contribution in [2.24, 2.45) is 0 Å². The van der Waals surface area contributed by atoms with Crippen LogP contribution in [0.15, 0.2) is 25.3 Å². The van der Waals surface area contributed by atoms with Gasteiger partial charge in [-0.2, -0.15) is 0 Å². The fraction of sp³-hybridized carbons (Fsp3) is 0.400. The first-order valence-electron chi connectivity index (χ1n) is 4.31. The van der Waals surface area contributed by atoms with Gasteiger partial charge in [-0.3, -0.25) is 0 Å². The zero-order valence-corrected chi connectivity index (χ0v) is 8.44. The molecule has 0 amide bonds. The average molecular weight is 214 g/mol. The molecule has 0 aliphatic heterocycles. The van der Waals surface area contributed by atoms with Gasteiger partial charge in [0.1, 0.15) is 26.4 Å². The Morgan fingerprint density at radius 3 is 1.67 bits per heavy atom. The second-order valence-corrected chi connectivity index (χ2v) is 2.44. The Bertz CT molecular complexity index is 210. The van der Waals surface area contributed by atoms with Gasteiger partial charge in [-0.15, -0.1) is 0 Å². The number of carbonyl (C=O) groups excluding carboxylic acids is 2. The van der Waals surface area contributed by atoms with Gasteiger partial charge in [0.2, 0.25) is 0 Å². The summed E-state index contributed by atoms with van der Waals surface area (Å²) in [6, 6.07) is 0. The minimum atomic E-state index is -0.550. The third-order valence-corrected chi connectivity index (χ3v) is 1.16. The van der Waals surface area contributed by atoms with Gasteiger partial charge < -0.3 is 14.2 Å². The van der Waals surface area contributed by atoms with Crippen molar-refractivity contribution >= 4 is 11.9 Å². The monoisotopic (exact) mass is 214 g/mol. The van der Waals surface area contributed by atoms with E-state index in [1.165, 1.54) is 12.2 Å². The molecule has 5 heteroatoms. The maximum absolute atomic E-state index is 10.8. The van der Waals surface area contributed by atoms with E-state index in [2.05, 4.69) is 22.6 Å². The number of hydrogen-bond donors (Lipinski definition) is 0. The van der Waals surface area contributed by atoms with Crippen molar-refractivity contribution in [3.8, 4) is 0 Å². The molecule has 0 atom stereocenters. The summed E-state index contributed by atoms with van der Waals surface area (Å²) in [5, 5.41) is 0. The first-order valence-corrected chi connectivity index (χ1v) is 4.31. The normalized spacial score (nSPS) is 9.07. The van der Waals surface area contributed by atoms with Crippen LogP contribution in [-0.2, 0) is 23.8 Å². The van der Waals surface area contributed by atoms with Crippen molar-refractivity contribution in [2.75, 3.05) is 26.4 Å². The van der Waals surface area contributed by atoms with Crippen LogP contribution in [0, 0.1) is 0 Å². The highest BCUT2D eigenvalue weighted by Crippen LogP contribution is 1.85. The Balaban J connectivity index is 3.43. The Morgan fingerprint density at radius 2 is 1.33 bits per heavy atom. The third kappa shape index (κ3) is 8.70. The molecule has 15 heavy (non-hydrogen) atoms.